The number of nitrogens with zero attached hydrogens (tertiary/aromatic N) is 2. The second kappa shape index (κ2) is 7.39. The Balaban J connectivity index is 2.39. The fourth-order valence-electron chi connectivity index (χ4n) is 2.95. The molecule has 1 fully saturated rings. The number of thioether (sulfide) groups is 1. The Hall–Kier alpha value is -1.49. The number of amides is 2. The molecule has 126 valence electrons. The summed E-state index contributed by atoms with van der Waals surface area (Å²) < 4.78 is 0. The number of hydrogen-bond donors (Lipinski definition) is 0. The largest absolute Gasteiger partial charge is 0.347 e. The molecule has 1 saturated heterocycles. The van der Waals surface area contributed by atoms with Crippen molar-refractivity contribution in [3.63, 3.8) is 0 Å². The number of carbonyl (C=O) groups is 2. The van der Waals surface area contributed by atoms with Gasteiger partial charge in [-0.05, 0) is 30.4 Å². The quantitative estimate of drug-likeness (QED) is 0.831. The van der Waals surface area contributed by atoms with Crippen LogP contribution in [0.25, 0.3) is 0 Å². The first-order chi connectivity index (χ1) is 10.8. The van der Waals surface area contributed by atoms with E-state index in [1.165, 1.54) is 0 Å². The second-order valence-corrected chi connectivity index (χ2v) is 7.77. The fourth-order valence-corrected chi connectivity index (χ4v) is 4.27. The van der Waals surface area contributed by atoms with Crippen molar-refractivity contribution in [2.75, 3.05) is 19.8 Å². The average molecular weight is 334 g/mol. The summed E-state index contributed by atoms with van der Waals surface area (Å²) in [7, 11) is 3.51. The third kappa shape index (κ3) is 3.89. The zero-order chi connectivity index (χ0) is 17.1. The van der Waals surface area contributed by atoms with Crippen LogP contribution in [0.1, 0.15) is 36.8 Å². The van der Waals surface area contributed by atoms with Gasteiger partial charge in [0.2, 0.25) is 11.8 Å². The van der Waals surface area contributed by atoms with E-state index in [2.05, 4.69) is 32.9 Å². The van der Waals surface area contributed by atoms with Crippen LogP contribution in [-0.2, 0) is 9.59 Å². The predicted octanol–water partition coefficient (Wildman–Crippen LogP) is 3.07. The van der Waals surface area contributed by atoms with Crippen LogP contribution < -0.4 is 0 Å². The number of carbonyl (C=O) groups excluding carboxylic acids is 2. The molecule has 0 radical (unpaired) electrons. The van der Waals surface area contributed by atoms with Gasteiger partial charge in [0.25, 0.3) is 0 Å². The van der Waals surface area contributed by atoms with E-state index in [0.29, 0.717) is 18.1 Å². The zero-order valence-corrected chi connectivity index (χ0v) is 15.4. The lowest BCUT2D eigenvalue weighted by molar-refractivity contribution is -0.143. The van der Waals surface area contributed by atoms with Crippen molar-refractivity contribution in [1.82, 2.24) is 9.80 Å². The Morgan fingerprint density at radius 2 is 2.00 bits per heavy atom. The van der Waals surface area contributed by atoms with E-state index in [-0.39, 0.29) is 17.2 Å². The normalized spacial score (nSPS) is 19.3. The van der Waals surface area contributed by atoms with Gasteiger partial charge in [-0.3, -0.25) is 9.59 Å². The molecule has 0 N–H and O–H groups in total. The minimum Gasteiger partial charge on any atom is -0.347 e. The maximum Gasteiger partial charge on any atom is 0.244 e. The molecule has 0 saturated carbocycles. The summed E-state index contributed by atoms with van der Waals surface area (Å²) in [6, 6.07) is 7.72. The molecule has 4 nitrogen and oxygen atoms in total. The Kier molecular flexibility index (Phi) is 5.74. The third-order valence-electron chi connectivity index (χ3n) is 4.12. The maximum absolute atomic E-state index is 12.7. The van der Waals surface area contributed by atoms with E-state index in [1.807, 2.05) is 17.0 Å². The van der Waals surface area contributed by atoms with Crippen molar-refractivity contribution in [3.8, 4) is 0 Å². The Labute approximate surface area is 143 Å². The standard InChI is InChI=1S/C18H26N2O2S/c1-12(2)10-15(17(22)19(4)5)20-16(21)11-23-18(20)14-9-7-6-8-13(14)3/h6-9,12,15,18H,10-11H2,1-5H3. The summed E-state index contributed by atoms with van der Waals surface area (Å²) in [6.07, 6.45) is 0.686. The monoisotopic (exact) mass is 334 g/mol. The van der Waals surface area contributed by atoms with Crippen LogP contribution in [0.2, 0.25) is 0 Å². The van der Waals surface area contributed by atoms with Crippen LogP contribution in [0.4, 0.5) is 0 Å². The van der Waals surface area contributed by atoms with E-state index in [4.69, 9.17) is 0 Å². The summed E-state index contributed by atoms with van der Waals surface area (Å²) in [5.74, 6) is 0.853. The molecule has 1 aliphatic rings. The molecule has 2 atom stereocenters. The van der Waals surface area contributed by atoms with Crippen molar-refractivity contribution in [1.29, 1.82) is 0 Å². The second-order valence-electron chi connectivity index (χ2n) is 6.70. The number of benzene rings is 1. The van der Waals surface area contributed by atoms with Crippen LogP contribution in [0, 0.1) is 12.8 Å². The first-order valence-electron chi connectivity index (χ1n) is 8.02. The molecule has 23 heavy (non-hydrogen) atoms. The molecule has 0 bridgehead atoms. The van der Waals surface area contributed by atoms with Crippen LogP contribution >= 0.6 is 11.8 Å². The van der Waals surface area contributed by atoms with Crippen molar-refractivity contribution >= 4 is 23.6 Å². The first kappa shape index (κ1) is 17.9. The highest BCUT2D eigenvalue weighted by Crippen LogP contribution is 2.42. The topological polar surface area (TPSA) is 40.6 Å². The third-order valence-corrected chi connectivity index (χ3v) is 5.33. The van der Waals surface area contributed by atoms with Crippen LogP contribution in [-0.4, -0.2) is 47.5 Å². The van der Waals surface area contributed by atoms with Gasteiger partial charge in [0.05, 0.1) is 5.75 Å². The highest BCUT2D eigenvalue weighted by atomic mass is 32.2. The summed E-state index contributed by atoms with van der Waals surface area (Å²) in [5.41, 5.74) is 2.29. The lowest BCUT2D eigenvalue weighted by Gasteiger charge is -2.34. The summed E-state index contributed by atoms with van der Waals surface area (Å²) >= 11 is 1.62. The van der Waals surface area contributed by atoms with E-state index in [0.717, 1.165) is 11.1 Å². The van der Waals surface area contributed by atoms with Gasteiger partial charge in [-0.25, -0.2) is 0 Å². The summed E-state index contributed by atoms with van der Waals surface area (Å²) in [4.78, 5) is 28.7. The molecule has 1 heterocycles. The first-order valence-corrected chi connectivity index (χ1v) is 9.07. The number of hydrogen-bond acceptors (Lipinski definition) is 3. The highest BCUT2D eigenvalue weighted by molar-refractivity contribution is 8.00. The van der Waals surface area contributed by atoms with Gasteiger partial charge in [0, 0.05) is 14.1 Å². The predicted molar refractivity (Wildman–Crippen MR) is 95.2 cm³/mol. The smallest absolute Gasteiger partial charge is 0.244 e. The lowest BCUT2D eigenvalue weighted by atomic mass is 9.99. The summed E-state index contributed by atoms with van der Waals surface area (Å²) in [5, 5.41) is -0.0728. The number of likely N-dealkylation sites (N-methyl/N-ethyl adjacent to an activating group) is 1. The van der Waals surface area contributed by atoms with Gasteiger partial charge in [-0.1, -0.05) is 38.1 Å². The van der Waals surface area contributed by atoms with Crippen molar-refractivity contribution in [2.24, 2.45) is 5.92 Å². The maximum atomic E-state index is 12.7. The van der Waals surface area contributed by atoms with Crippen molar-refractivity contribution in [2.45, 2.75) is 38.6 Å². The molecular weight excluding hydrogens is 308 g/mol. The van der Waals surface area contributed by atoms with Crippen LogP contribution in [0.3, 0.4) is 0 Å². The van der Waals surface area contributed by atoms with Crippen molar-refractivity contribution < 1.29 is 9.59 Å². The molecule has 5 heteroatoms. The van der Waals surface area contributed by atoms with Gasteiger partial charge in [0.1, 0.15) is 11.4 Å². The lowest BCUT2D eigenvalue weighted by Crippen LogP contribution is -2.48. The van der Waals surface area contributed by atoms with E-state index in [1.54, 1.807) is 30.8 Å². The molecule has 0 spiro atoms. The number of rotatable bonds is 5. The van der Waals surface area contributed by atoms with Gasteiger partial charge in [-0.2, -0.15) is 0 Å². The van der Waals surface area contributed by atoms with Crippen molar-refractivity contribution in [3.05, 3.63) is 35.4 Å². The molecule has 0 aliphatic carbocycles. The average Bonchev–Trinajstić information content (AvgIpc) is 2.85. The SMILES string of the molecule is Cc1ccccc1C1SCC(=O)N1C(CC(C)C)C(=O)N(C)C. The van der Waals surface area contributed by atoms with Gasteiger partial charge >= 0.3 is 0 Å². The molecular formula is C18H26N2O2S. The van der Waals surface area contributed by atoms with Gasteiger partial charge < -0.3 is 9.80 Å². The zero-order valence-electron chi connectivity index (χ0n) is 14.6. The van der Waals surface area contributed by atoms with Crippen LogP contribution in [0.5, 0.6) is 0 Å². The van der Waals surface area contributed by atoms with E-state index in [9.17, 15) is 9.59 Å². The Morgan fingerprint density at radius 1 is 1.35 bits per heavy atom. The Morgan fingerprint density at radius 3 is 2.57 bits per heavy atom. The molecule has 2 unspecified atom stereocenters. The molecule has 1 aromatic rings. The molecule has 0 aromatic heterocycles. The Bertz CT molecular complexity index is 586. The fraction of sp³-hybridized carbons (Fsp3) is 0.556. The summed E-state index contributed by atoms with van der Waals surface area (Å²) in [6.45, 7) is 6.24. The van der Waals surface area contributed by atoms with Gasteiger partial charge in [0.15, 0.2) is 0 Å². The highest BCUT2D eigenvalue weighted by Gasteiger charge is 2.41. The van der Waals surface area contributed by atoms with Gasteiger partial charge in [-0.15, -0.1) is 11.8 Å². The molecule has 2 rings (SSSR count). The van der Waals surface area contributed by atoms with E-state index >= 15 is 0 Å². The minimum absolute atomic E-state index is 0.00753. The molecule has 1 aliphatic heterocycles. The van der Waals surface area contributed by atoms with E-state index < -0.39 is 6.04 Å². The molecule has 1 aromatic carbocycles. The number of aryl methyl sites for hydroxylation is 1. The minimum atomic E-state index is -0.392. The van der Waals surface area contributed by atoms with Crippen LogP contribution in [0.15, 0.2) is 24.3 Å². The molecule has 2 amide bonds.